The summed E-state index contributed by atoms with van der Waals surface area (Å²) in [7, 11) is 0. The molecule has 1 aromatic heterocycles. The first-order valence-corrected chi connectivity index (χ1v) is 11.2. The fourth-order valence-corrected chi connectivity index (χ4v) is 4.87. The summed E-state index contributed by atoms with van der Waals surface area (Å²) in [6.07, 6.45) is 12.3. The predicted molar refractivity (Wildman–Crippen MR) is 121 cm³/mol. The van der Waals surface area contributed by atoms with Gasteiger partial charge in [0.25, 0.3) is 0 Å². The molecule has 152 valence electrons. The number of anilines is 1. The van der Waals surface area contributed by atoms with E-state index < -0.39 is 0 Å². The van der Waals surface area contributed by atoms with E-state index in [0.717, 1.165) is 61.1 Å². The van der Waals surface area contributed by atoms with Crippen molar-refractivity contribution in [1.82, 2.24) is 15.2 Å². The molecule has 1 aromatic rings. The topological polar surface area (TPSA) is 69.6 Å². The Kier molecular flexibility index (Phi) is 6.16. The van der Waals surface area contributed by atoms with Crippen LogP contribution in [-0.2, 0) is 11.3 Å². The van der Waals surface area contributed by atoms with Crippen molar-refractivity contribution in [1.29, 1.82) is 0 Å². The van der Waals surface area contributed by atoms with Gasteiger partial charge < -0.3 is 15.5 Å². The van der Waals surface area contributed by atoms with Gasteiger partial charge in [-0.1, -0.05) is 12.7 Å². The van der Waals surface area contributed by atoms with E-state index in [0.29, 0.717) is 11.8 Å². The van der Waals surface area contributed by atoms with Crippen LogP contribution in [0.15, 0.2) is 47.8 Å². The Morgan fingerprint density at radius 3 is 3.10 bits per heavy atom. The Bertz CT molecular complexity index is 891. The van der Waals surface area contributed by atoms with Gasteiger partial charge in [0.15, 0.2) is 0 Å². The van der Waals surface area contributed by atoms with Crippen LogP contribution in [0.4, 0.5) is 5.82 Å². The molecule has 29 heavy (non-hydrogen) atoms. The molecule has 0 spiro atoms. The molecule has 2 aliphatic heterocycles. The summed E-state index contributed by atoms with van der Waals surface area (Å²) in [6.45, 7) is 7.88. The van der Waals surface area contributed by atoms with Crippen LogP contribution < -0.4 is 10.6 Å². The number of fused-ring (bicyclic) bond motifs is 2. The molecule has 1 saturated heterocycles. The molecule has 0 aromatic carbocycles. The highest BCUT2D eigenvalue weighted by atomic mass is 32.2. The number of aromatic nitrogens is 1. The number of likely N-dealkylation sites (tertiary alicyclic amines) is 1. The van der Waals surface area contributed by atoms with Gasteiger partial charge in [-0.05, 0) is 47.8 Å². The molecule has 0 bridgehead atoms. The number of carbonyl (C=O) groups is 1. The number of nitrogens with one attached hydrogen (secondary N) is 2. The fourth-order valence-electron chi connectivity index (χ4n) is 4.28. The number of hydrogen-bond acceptors (Lipinski definition) is 6. The zero-order chi connectivity index (χ0) is 20.2. The zero-order valence-corrected chi connectivity index (χ0v) is 17.5. The summed E-state index contributed by atoms with van der Waals surface area (Å²) in [6, 6.07) is 2.09. The number of carbonyl (C=O) groups excluding carboxylic acids is 1. The number of nitrogens with zero attached hydrogens (tertiary/aromatic N) is 3. The van der Waals surface area contributed by atoms with Gasteiger partial charge in [-0.25, -0.2) is 4.98 Å². The lowest BCUT2D eigenvalue weighted by Crippen LogP contribution is -2.27. The molecule has 1 aliphatic carbocycles. The summed E-state index contributed by atoms with van der Waals surface area (Å²) in [5.41, 5.74) is 3.39. The van der Waals surface area contributed by atoms with Crippen LogP contribution in [0.3, 0.4) is 0 Å². The number of thioether (sulfide) groups is 1. The SMILES string of the molecule is C=CN=C(SC)C1=CC2CN(C(=O)/C=C/c3cnc4c(c3)CNCCN4)CC2C1. The van der Waals surface area contributed by atoms with Crippen molar-refractivity contribution in [3.05, 3.63) is 53.9 Å². The van der Waals surface area contributed by atoms with Crippen LogP contribution in [0, 0.1) is 11.8 Å². The molecule has 1 amide bonds. The molecule has 7 heteroatoms. The fraction of sp³-hybridized carbons (Fsp3) is 0.409. The monoisotopic (exact) mass is 409 g/mol. The maximum atomic E-state index is 12.7. The van der Waals surface area contributed by atoms with Gasteiger partial charge in [0.05, 0.1) is 5.04 Å². The molecular formula is C22H27N5OS. The van der Waals surface area contributed by atoms with Crippen molar-refractivity contribution in [2.24, 2.45) is 16.8 Å². The van der Waals surface area contributed by atoms with E-state index in [-0.39, 0.29) is 5.91 Å². The quantitative estimate of drug-likeness (QED) is 0.455. The van der Waals surface area contributed by atoms with Crippen molar-refractivity contribution in [2.75, 3.05) is 37.8 Å². The highest BCUT2D eigenvalue weighted by molar-refractivity contribution is 8.13. The Balaban J connectivity index is 1.38. The van der Waals surface area contributed by atoms with Crippen molar-refractivity contribution in [2.45, 2.75) is 13.0 Å². The van der Waals surface area contributed by atoms with Crippen LogP contribution in [0.25, 0.3) is 6.08 Å². The number of amides is 1. The highest BCUT2D eigenvalue weighted by Crippen LogP contribution is 2.38. The number of rotatable bonds is 4. The molecule has 6 nitrogen and oxygen atoms in total. The summed E-state index contributed by atoms with van der Waals surface area (Å²) in [5, 5.41) is 7.73. The minimum Gasteiger partial charge on any atom is -0.369 e. The third kappa shape index (κ3) is 4.46. The standard InChI is InChI=1S/C22H27N5OS/c1-3-24-22(29-2)16-9-18-13-27(14-19(18)10-16)20(28)5-4-15-8-17-12-23-6-7-25-21(17)26-11-15/h3-5,8-9,11,18-19,23H,1,6-7,10,12-14H2,2H3,(H,25,26)/b5-4+,24-22?. The predicted octanol–water partition coefficient (Wildman–Crippen LogP) is 2.92. The maximum absolute atomic E-state index is 12.7. The summed E-state index contributed by atoms with van der Waals surface area (Å²) < 4.78 is 0. The molecule has 0 saturated carbocycles. The number of hydrogen-bond donors (Lipinski definition) is 2. The number of pyridine rings is 1. The van der Waals surface area contributed by atoms with E-state index in [9.17, 15) is 4.79 Å². The van der Waals surface area contributed by atoms with Gasteiger partial charge in [-0.2, -0.15) is 0 Å². The van der Waals surface area contributed by atoms with Crippen molar-refractivity contribution in [3.63, 3.8) is 0 Å². The Morgan fingerprint density at radius 1 is 1.41 bits per heavy atom. The van der Waals surface area contributed by atoms with Gasteiger partial charge in [0, 0.05) is 56.8 Å². The summed E-state index contributed by atoms with van der Waals surface area (Å²) >= 11 is 1.66. The molecule has 3 aliphatic rings. The Morgan fingerprint density at radius 2 is 2.31 bits per heavy atom. The molecular weight excluding hydrogens is 382 g/mol. The van der Waals surface area contributed by atoms with E-state index in [2.05, 4.69) is 39.3 Å². The zero-order valence-electron chi connectivity index (χ0n) is 16.7. The van der Waals surface area contributed by atoms with Gasteiger partial charge >= 0.3 is 0 Å². The van der Waals surface area contributed by atoms with Crippen LogP contribution >= 0.6 is 11.8 Å². The van der Waals surface area contributed by atoms with Crippen LogP contribution in [-0.4, -0.2) is 53.3 Å². The largest absolute Gasteiger partial charge is 0.369 e. The third-order valence-electron chi connectivity index (χ3n) is 5.69. The lowest BCUT2D eigenvalue weighted by molar-refractivity contribution is -0.125. The van der Waals surface area contributed by atoms with Gasteiger partial charge in [-0.3, -0.25) is 9.79 Å². The molecule has 0 radical (unpaired) electrons. The van der Waals surface area contributed by atoms with Crippen LogP contribution in [0.2, 0.25) is 0 Å². The smallest absolute Gasteiger partial charge is 0.246 e. The maximum Gasteiger partial charge on any atom is 0.246 e. The minimum absolute atomic E-state index is 0.0744. The lowest BCUT2D eigenvalue weighted by Gasteiger charge is -2.15. The second-order valence-electron chi connectivity index (χ2n) is 7.60. The second-order valence-corrected chi connectivity index (χ2v) is 8.39. The summed E-state index contributed by atoms with van der Waals surface area (Å²) in [4.78, 5) is 23.5. The normalized spacial score (nSPS) is 24.0. The van der Waals surface area contributed by atoms with Gasteiger partial charge in [0.1, 0.15) is 5.82 Å². The Hall–Kier alpha value is -2.38. The third-order valence-corrected chi connectivity index (χ3v) is 6.45. The van der Waals surface area contributed by atoms with E-state index in [1.807, 2.05) is 23.4 Å². The average Bonchev–Trinajstić information content (AvgIpc) is 3.21. The van der Waals surface area contributed by atoms with Crippen molar-refractivity contribution in [3.8, 4) is 0 Å². The molecule has 3 heterocycles. The second kappa shape index (κ2) is 8.97. The molecule has 1 fully saturated rings. The van der Waals surface area contributed by atoms with Crippen LogP contribution in [0.1, 0.15) is 17.5 Å². The van der Waals surface area contributed by atoms with E-state index in [4.69, 9.17) is 0 Å². The minimum atomic E-state index is 0.0744. The first kappa shape index (κ1) is 19.9. The molecule has 2 N–H and O–H groups in total. The molecule has 2 atom stereocenters. The first-order chi connectivity index (χ1) is 14.2. The van der Waals surface area contributed by atoms with Gasteiger partial charge in [-0.15, -0.1) is 11.8 Å². The summed E-state index contributed by atoms with van der Waals surface area (Å²) in [5.74, 6) is 1.93. The van der Waals surface area contributed by atoms with Gasteiger partial charge in [0.2, 0.25) is 5.91 Å². The van der Waals surface area contributed by atoms with E-state index in [1.54, 1.807) is 24.0 Å². The molecule has 2 unspecified atom stereocenters. The lowest BCUT2D eigenvalue weighted by atomic mass is 10.00. The number of aliphatic imine (C=N–C) groups is 1. The van der Waals surface area contributed by atoms with Crippen molar-refractivity contribution < 1.29 is 4.79 Å². The first-order valence-electron chi connectivity index (χ1n) is 10.0. The van der Waals surface area contributed by atoms with Crippen molar-refractivity contribution >= 4 is 34.6 Å². The van der Waals surface area contributed by atoms with E-state index in [1.165, 1.54) is 5.57 Å². The Labute approximate surface area is 176 Å². The van der Waals surface area contributed by atoms with Crippen LogP contribution in [0.5, 0.6) is 0 Å². The highest BCUT2D eigenvalue weighted by Gasteiger charge is 2.38. The average molecular weight is 410 g/mol. The molecule has 4 rings (SSSR count). The van der Waals surface area contributed by atoms with E-state index >= 15 is 0 Å².